The second-order valence-corrected chi connectivity index (χ2v) is 12.0. The molecule has 0 unspecified atom stereocenters. The topological polar surface area (TPSA) is 149 Å². The highest BCUT2D eigenvalue weighted by atomic mass is 32.2. The number of hydrogen-bond donors (Lipinski definition) is 1. The molecule has 1 amide bonds. The molecule has 5 rings (SSSR count). The quantitative estimate of drug-likeness (QED) is 0.324. The molecule has 1 aromatic carbocycles. The zero-order valence-corrected chi connectivity index (χ0v) is 23.7. The summed E-state index contributed by atoms with van der Waals surface area (Å²) in [6.07, 6.45) is 4.52. The molecule has 40 heavy (non-hydrogen) atoms. The Kier molecular flexibility index (Phi) is 7.69. The molecule has 13 nitrogen and oxygen atoms in total. The number of rotatable bonds is 8. The van der Waals surface area contributed by atoms with Crippen LogP contribution in [-0.4, -0.2) is 78.5 Å². The number of amides is 1. The number of sulfonamides is 1. The van der Waals surface area contributed by atoms with Crippen LogP contribution in [0.4, 0.5) is 11.6 Å². The Morgan fingerprint density at radius 1 is 1.07 bits per heavy atom. The van der Waals surface area contributed by atoms with Gasteiger partial charge in [-0.15, -0.1) is 11.3 Å². The largest absolute Gasteiger partial charge is 0.497 e. The Balaban J connectivity index is 1.39. The fourth-order valence-electron chi connectivity index (χ4n) is 4.49. The smallest absolute Gasteiger partial charge is 0.263 e. The summed E-state index contributed by atoms with van der Waals surface area (Å²) in [5.74, 6) is 0.961. The number of nitrogens with zero attached hydrogens (tertiary/aromatic N) is 6. The highest BCUT2D eigenvalue weighted by Gasteiger charge is 2.34. The lowest BCUT2D eigenvalue weighted by Gasteiger charge is -2.33. The number of aryl methyl sites for hydroxylation is 1. The van der Waals surface area contributed by atoms with Gasteiger partial charge in [0.25, 0.3) is 5.56 Å². The van der Waals surface area contributed by atoms with E-state index in [-0.39, 0.29) is 29.9 Å². The summed E-state index contributed by atoms with van der Waals surface area (Å²) in [4.78, 5) is 41.7. The first-order valence-corrected chi connectivity index (χ1v) is 14.5. The summed E-state index contributed by atoms with van der Waals surface area (Å²) in [5.41, 5.74) is -0.217. The third-order valence-corrected chi connectivity index (χ3v) is 9.68. The maximum Gasteiger partial charge on any atom is 0.263 e. The number of hydrogen-bond acceptors (Lipinski definition) is 11. The Morgan fingerprint density at radius 2 is 1.80 bits per heavy atom. The van der Waals surface area contributed by atoms with Gasteiger partial charge < -0.3 is 19.7 Å². The van der Waals surface area contributed by atoms with Gasteiger partial charge in [-0.1, -0.05) is 0 Å². The Hall–Kier alpha value is -4.08. The molecule has 0 radical (unpaired) electrons. The fourth-order valence-corrected chi connectivity index (χ4v) is 7.58. The van der Waals surface area contributed by atoms with Gasteiger partial charge in [-0.2, -0.15) is 4.31 Å². The van der Waals surface area contributed by atoms with Gasteiger partial charge in [0.05, 0.1) is 31.6 Å². The van der Waals surface area contributed by atoms with Gasteiger partial charge in [0.15, 0.2) is 0 Å². The average molecular weight is 586 g/mol. The number of piperazine rings is 1. The molecule has 1 N–H and O–H groups in total. The zero-order valence-electron chi connectivity index (χ0n) is 22.0. The van der Waals surface area contributed by atoms with Crippen LogP contribution in [-0.2, 0) is 21.4 Å². The van der Waals surface area contributed by atoms with E-state index >= 15 is 0 Å². The van der Waals surface area contributed by atoms with Crippen LogP contribution in [0.15, 0.2) is 52.7 Å². The molecule has 1 saturated heterocycles. The first-order valence-electron chi connectivity index (χ1n) is 12.3. The summed E-state index contributed by atoms with van der Waals surface area (Å²) in [7, 11) is -1.04. The molecule has 0 bridgehead atoms. The third-order valence-electron chi connectivity index (χ3n) is 6.47. The van der Waals surface area contributed by atoms with E-state index in [1.165, 1.54) is 24.9 Å². The summed E-state index contributed by atoms with van der Waals surface area (Å²) < 4.78 is 40.5. The van der Waals surface area contributed by atoms with Crippen LogP contribution in [0.2, 0.25) is 0 Å². The minimum atomic E-state index is -4.02. The normalized spacial score (nSPS) is 14.3. The van der Waals surface area contributed by atoms with Crippen LogP contribution in [0.1, 0.15) is 4.88 Å². The maximum absolute atomic E-state index is 13.8. The predicted octanol–water partition coefficient (Wildman–Crippen LogP) is 1.72. The van der Waals surface area contributed by atoms with Crippen LogP contribution < -0.4 is 25.2 Å². The Bertz CT molecular complexity index is 1720. The predicted molar refractivity (Wildman–Crippen MR) is 150 cm³/mol. The zero-order chi connectivity index (χ0) is 28.4. The van der Waals surface area contributed by atoms with Crippen LogP contribution >= 0.6 is 11.3 Å². The van der Waals surface area contributed by atoms with Crippen LogP contribution in [0.5, 0.6) is 11.5 Å². The summed E-state index contributed by atoms with van der Waals surface area (Å²) >= 11 is 1.13. The van der Waals surface area contributed by atoms with Crippen molar-refractivity contribution < 1.29 is 22.7 Å². The number of fused-ring (bicyclic) bond motifs is 1. The van der Waals surface area contributed by atoms with E-state index in [4.69, 9.17) is 9.47 Å². The van der Waals surface area contributed by atoms with Crippen LogP contribution in [0.3, 0.4) is 0 Å². The number of ether oxygens (including phenoxy) is 2. The summed E-state index contributed by atoms with van der Waals surface area (Å²) in [5, 5.41) is 2.69. The second kappa shape index (κ2) is 11.2. The van der Waals surface area contributed by atoms with Crippen molar-refractivity contribution >= 4 is 49.1 Å². The number of anilines is 2. The molecule has 1 aliphatic rings. The van der Waals surface area contributed by atoms with Crippen molar-refractivity contribution in [3.05, 3.63) is 58.2 Å². The number of thiophene rings is 1. The maximum atomic E-state index is 13.8. The molecule has 4 heterocycles. The number of benzene rings is 1. The van der Waals surface area contributed by atoms with Gasteiger partial charge in [-0.3, -0.25) is 14.2 Å². The third kappa shape index (κ3) is 5.22. The molecular weight excluding hydrogens is 558 g/mol. The highest BCUT2D eigenvalue weighted by molar-refractivity contribution is 7.89. The molecule has 0 atom stereocenters. The van der Waals surface area contributed by atoms with Gasteiger partial charge in [-0.05, 0) is 25.1 Å². The number of nitrogens with one attached hydrogen (secondary N) is 1. The van der Waals surface area contributed by atoms with E-state index in [1.807, 2.05) is 4.90 Å². The van der Waals surface area contributed by atoms with Crippen LogP contribution in [0, 0.1) is 6.92 Å². The standard InChI is InChI=1S/C25H27N7O6S2/c1-16-22(40(35,36)32-11-9-30(10-12-32)25-26-7-4-8-27-25)21-23(39-16)28-15-31(24(21)34)14-20(33)29-18-6-5-17(37-2)13-19(18)38-3/h4-8,13,15H,9-12,14H2,1-3H3,(H,29,33). The van der Waals surface area contributed by atoms with E-state index in [2.05, 4.69) is 20.3 Å². The monoisotopic (exact) mass is 585 g/mol. The first-order chi connectivity index (χ1) is 19.2. The molecule has 1 aliphatic heterocycles. The summed E-state index contributed by atoms with van der Waals surface area (Å²) in [6, 6.07) is 6.62. The lowest BCUT2D eigenvalue weighted by atomic mass is 10.2. The first kappa shape index (κ1) is 27.5. The molecule has 4 aromatic rings. The fraction of sp³-hybridized carbons (Fsp3) is 0.320. The molecule has 210 valence electrons. The van der Waals surface area contributed by atoms with Crippen molar-refractivity contribution in [1.82, 2.24) is 23.8 Å². The Morgan fingerprint density at radius 3 is 2.48 bits per heavy atom. The van der Waals surface area contributed by atoms with Crippen molar-refractivity contribution in [2.75, 3.05) is 50.6 Å². The number of carbonyl (C=O) groups excluding carboxylic acids is 1. The number of methoxy groups -OCH3 is 2. The van der Waals surface area contributed by atoms with Crippen molar-refractivity contribution in [1.29, 1.82) is 0 Å². The van der Waals surface area contributed by atoms with E-state index < -0.39 is 21.5 Å². The SMILES string of the molecule is COc1ccc(NC(=O)Cn2cnc3sc(C)c(S(=O)(=O)N4CCN(c5ncccn5)CC4)c3c2=O)c(OC)c1. The lowest BCUT2D eigenvalue weighted by molar-refractivity contribution is -0.116. The molecule has 0 aliphatic carbocycles. The van der Waals surface area contributed by atoms with E-state index in [0.29, 0.717) is 45.9 Å². The molecular formula is C25H27N7O6S2. The van der Waals surface area contributed by atoms with Gasteiger partial charge in [0.2, 0.25) is 21.9 Å². The number of carbonyl (C=O) groups is 1. The molecule has 0 saturated carbocycles. The van der Waals surface area contributed by atoms with E-state index in [0.717, 1.165) is 15.9 Å². The molecule has 0 spiro atoms. The van der Waals surface area contributed by atoms with Gasteiger partial charge in [0, 0.05) is 49.5 Å². The van der Waals surface area contributed by atoms with Crippen molar-refractivity contribution in [2.45, 2.75) is 18.4 Å². The Labute approximate surface area is 234 Å². The van der Waals surface area contributed by atoms with E-state index in [9.17, 15) is 18.0 Å². The lowest BCUT2D eigenvalue weighted by Crippen LogP contribution is -2.49. The highest BCUT2D eigenvalue weighted by Crippen LogP contribution is 2.33. The minimum Gasteiger partial charge on any atom is -0.497 e. The van der Waals surface area contributed by atoms with Gasteiger partial charge in [-0.25, -0.2) is 23.4 Å². The van der Waals surface area contributed by atoms with Gasteiger partial charge >= 0.3 is 0 Å². The second-order valence-electron chi connectivity index (χ2n) is 8.90. The van der Waals surface area contributed by atoms with Crippen molar-refractivity contribution in [2.24, 2.45) is 0 Å². The minimum absolute atomic E-state index is 0.0198. The molecule has 3 aromatic heterocycles. The van der Waals surface area contributed by atoms with Crippen LogP contribution in [0.25, 0.3) is 10.2 Å². The van der Waals surface area contributed by atoms with Crippen molar-refractivity contribution in [3.8, 4) is 11.5 Å². The summed E-state index contributed by atoms with van der Waals surface area (Å²) in [6.45, 7) is 2.50. The number of aromatic nitrogens is 4. The molecule has 1 fully saturated rings. The van der Waals surface area contributed by atoms with Gasteiger partial charge in [0.1, 0.15) is 27.8 Å². The van der Waals surface area contributed by atoms with E-state index in [1.54, 1.807) is 43.6 Å². The molecule has 15 heteroatoms. The average Bonchev–Trinajstić information content (AvgIpc) is 3.32. The van der Waals surface area contributed by atoms with Crippen molar-refractivity contribution in [3.63, 3.8) is 0 Å².